The predicted octanol–water partition coefficient (Wildman–Crippen LogP) is 2.31. The number of nitrogens with zero attached hydrogens (tertiary/aromatic N) is 1. The van der Waals surface area contributed by atoms with Crippen molar-refractivity contribution in [2.24, 2.45) is 0 Å². The molecule has 110 valence electrons. The standard InChI is InChI=1S/C15H21NO4/c1-4-16(5-2)9-8-13(17)12-10-11(15(18)19)6-7-14(12)20-3/h6-7,10H,4-5,8-9H2,1-3H3,(H,18,19). The smallest absolute Gasteiger partial charge is 0.335 e. The van der Waals surface area contributed by atoms with Crippen LogP contribution in [0.15, 0.2) is 18.2 Å². The van der Waals surface area contributed by atoms with Gasteiger partial charge >= 0.3 is 5.97 Å². The highest BCUT2D eigenvalue weighted by Crippen LogP contribution is 2.21. The molecule has 5 heteroatoms. The van der Waals surface area contributed by atoms with Crippen LogP contribution in [0.1, 0.15) is 41.0 Å². The van der Waals surface area contributed by atoms with Crippen LogP contribution in [0, 0.1) is 0 Å². The average molecular weight is 279 g/mol. The molecule has 0 atom stereocenters. The molecule has 1 N–H and O–H groups in total. The summed E-state index contributed by atoms with van der Waals surface area (Å²) >= 11 is 0. The van der Waals surface area contributed by atoms with Gasteiger partial charge in [-0.1, -0.05) is 13.8 Å². The van der Waals surface area contributed by atoms with E-state index in [0.29, 0.717) is 24.3 Å². The topological polar surface area (TPSA) is 66.8 Å². The van der Waals surface area contributed by atoms with Crippen molar-refractivity contribution in [1.82, 2.24) is 4.90 Å². The number of ketones is 1. The molecular formula is C15H21NO4. The molecule has 0 aliphatic carbocycles. The van der Waals surface area contributed by atoms with Crippen LogP contribution in [0.5, 0.6) is 5.75 Å². The van der Waals surface area contributed by atoms with Gasteiger partial charge in [0.1, 0.15) is 5.75 Å². The Hall–Kier alpha value is -1.88. The van der Waals surface area contributed by atoms with Gasteiger partial charge in [-0.3, -0.25) is 4.79 Å². The number of hydrogen-bond donors (Lipinski definition) is 1. The van der Waals surface area contributed by atoms with Crippen molar-refractivity contribution < 1.29 is 19.4 Å². The lowest BCUT2D eigenvalue weighted by Crippen LogP contribution is -2.25. The average Bonchev–Trinajstić information content (AvgIpc) is 2.47. The van der Waals surface area contributed by atoms with Gasteiger partial charge in [-0.2, -0.15) is 0 Å². The minimum Gasteiger partial charge on any atom is -0.496 e. The molecule has 5 nitrogen and oxygen atoms in total. The molecule has 0 aliphatic heterocycles. The minimum absolute atomic E-state index is 0.0944. The maximum Gasteiger partial charge on any atom is 0.335 e. The summed E-state index contributed by atoms with van der Waals surface area (Å²) in [6, 6.07) is 4.34. The van der Waals surface area contributed by atoms with Crippen LogP contribution in [-0.4, -0.2) is 48.5 Å². The van der Waals surface area contributed by atoms with Crippen LogP contribution in [0.3, 0.4) is 0 Å². The predicted molar refractivity (Wildman–Crippen MR) is 76.7 cm³/mol. The van der Waals surface area contributed by atoms with E-state index < -0.39 is 5.97 Å². The third kappa shape index (κ3) is 4.06. The number of carbonyl (C=O) groups is 2. The van der Waals surface area contributed by atoms with Crippen LogP contribution in [-0.2, 0) is 0 Å². The SMILES string of the molecule is CCN(CC)CCC(=O)c1cc(C(=O)O)ccc1OC. The first kappa shape index (κ1) is 16.2. The number of carboxylic acid groups (broad SMARTS) is 1. The molecule has 1 aromatic rings. The lowest BCUT2D eigenvalue weighted by molar-refractivity contribution is 0.0697. The summed E-state index contributed by atoms with van der Waals surface area (Å²) < 4.78 is 5.13. The molecule has 1 aromatic carbocycles. The Morgan fingerprint density at radius 2 is 1.90 bits per heavy atom. The van der Waals surface area contributed by atoms with E-state index >= 15 is 0 Å². The molecule has 0 aromatic heterocycles. The molecule has 0 bridgehead atoms. The molecule has 0 unspecified atom stereocenters. The van der Waals surface area contributed by atoms with E-state index in [-0.39, 0.29) is 11.3 Å². The van der Waals surface area contributed by atoms with Gasteiger partial charge in [-0.15, -0.1) is 0 Å². The third-order valence-electron chi connectivity index (χ3n) is 3.30. The van der Waals surface area contributed by atoms with Crippen molar-refractivity contribution in [2.45, 2.75) is 20.3 Å². The number of benzene rings is 1. The van der Waals surface area contributed by atoms with Gasteiger partial charge < -0.3 is 14.7 Å². The van der Waals surface area contributed by atoms with E-state index in [0.717, 1.165) is 13.1 Å². The van der Waals surface area contributed by atoms with Gasteiger partial charge in [0.25, 0.3) is 0 Å². The zero-order valence-corrected chi connectivity index (χ0v) is 12.2. The van der Waals surface area contributed by atoms with Crippen molar-refractivity contribution in [3.05, 3.63) is 29.3 Å². The quantitative estimate of drug-likeness (QED) is 0.740. The maximum atomic E-state index is 12.2. The van der Waals surface area contributed by atoms with E-state index in [1.165, 1.54) is 25.3 Å². The van der Waals surface area contributed by atoms with Gasteiger partial charge in [0, 0.05) is 13.0 Å². The number of carboxylic acids is 1. The molecule has 0 spiro atoms. The Bertz CT molecular complexity index is 481. The Morgan fingerprint density at radius 3 is 2.40 bits per heavy atom. The second-order valence-corrected chi connectivity index (χ2v) is 4.42. The molecule has 0 amide bonds. The van der Waals surface area contributed by atoms with Crippen molar-refractivity contribution in [3.63, 3.8) is 0 Å². The highest BCUT2D eigenvalue weighted by Gasteiger charge is 2.16. The second kappa shape index (κ2) is 7.65. The number of carbonyl (C=O) groups excluding carboxylic acids is 1. The summed E-state index contributed by atoms with van der Waals surface area (Å²) in [7, 11) is 1.47. The largest absolute Gasteiger partial charge is 0.496 e. The Balaban J connectivity index is 2.90. The normalized spacial score (nSPS) is 10.6. The summed E-state index contributed by atoms with van der Waals surface area (Å²) in [6.07, 6.45) is 0.348. The van der Waals surface area contributed by atoms with E-state index in [4.69, 9.17) is 9.84 Å². The zero-order valence-electron chi connectivity index (χ0n) is 12.2. The third-order valence-corrected chi connectivity index (χ3v) is 3.30. The lowest BCUT2D eigenvalue weighted by Gasteiger charge is -2.17. The highest BCUT2D eigenvalue weighted by molar-refractivity contribution is 6.01. The van der Waals surface area contributed by atoms with E-state index in [9.17, 15) is 9.59 Å². The number of methoxy groups -OCH3 is 1. The fourth-order valence-corrected chi connectivity index (χ4v) is 1.99. The zero-order chi connectivity index (χ0) is 15.1. The summed E-state index contributed by atoms with van der Waals surface area (Å²) in [6.45, 7) is 6.51. The van der Waals surface area contributed by atoms with Gasteiger partial charge in [0.15, 0.2) is 5.78 Å². The molecule has 0 saturated heterocycles. The maximum absolute atomic E-state index is 12.2. The first-order valence-electron chi connectivity index (χ1n) is 6.70. The van der Waals surface area contributed by atoms with E-state index in [1.54, 1.807) is 0 Å². The molecule has 0 saturated carbocycles. The second-order valence-electron chi connectivity index (χ2n) is 4.42. The van der Waals surface area contributed by atoms with Crippen LogP contribution in [0.4, 0.5) is 0 Å². The van der Waals surface area contributed by atoms with Gasteiger partial charge in [-0.05, 0) is 31.3 Å². The Labute approximate surface area is 119 Å². The van der Waals surface area contributed by atoms with Gasteiger partial charge in [0.05, 0.1) is 18.2 Å². The molecule has 0 aliphatic rings. The molecule has 0 fully saturated rings. The number of rotatable bonds is 8. The monoisotopic (exact) mass is 279 g/mol. The molecule has 1 rings (SSSR count). The molecule has 0 radical (unpaired) electrons. The van der Waals surface area contributed by atoms with Gasteiger partial charge in [-0.25, -0.2) is 4.79 Å². The van der Waals surface area contributed by atoms with Crippen LogP contribution >= 0.6 is 0 Å². The molecule has 0 heterocycles. The number of ether oxygens (including phenoxy) is 1. The Kier molecular flexibility index (Phi) is 6.18. The summed E-state index contributed by atoms with van der Waals surface area (Å²) in [5.41, 5.74) is 0.427. The number of aromatic carboxylic acids is 1. The highest BCUT2D eigenvalue weighted by atomic mass is 16.5. The summed E-state index contributed by atoms with van der Waals surface area (Å²) in [4.78, 5) is 25.4. The Morgan fingerprint density at radius 1 is 1.25 bits per heavy atom. The number of Topliss-reactive ketones (excluding diaryl/α,β-unsaturated/α-hetero) is 1. The van der Waals surface area contributed by atoms with Crippen LogP contribution < -0.4 is 4.74 Å². The van der Waals surface area contributed by atoms with Crippen LogP contribution in [0.25, 0.3) is 0 Å². The fraction of sp³-hybridized carbons (Fsp3) is 0.467. The fourth-order valence-electron chi connectivity index (χ4n) is 1.99. The van der Waals surface area contributed by atoms with Crippen molar-refractivity contribution >= 4 is 11.8 Å². The minimum atomic E-state index is -1.05. The first-order chi connectivity index (χ1) is 9.53. The summed E-state index contributed by atoms with van der Waals surface area (Å²) in [5, 5.41) is 8.99. The van der Waals surface area contributed by atoms with Gasteiger partial charge in [0.2, 0.25) is 0 Å². The molecule has 20 heavy (non-hydrogen) atoms. The van der Waals surface area contributed by atoms with Crippen LogP contribution in [0.2, 0.25) is 0 Å². The van der Waals surface area contributed by atoms with Crippen molar-refractivity contribution in [3.8, 4) is 5.75 Å². The summed E-state index contributed by atoms with van der Waals surface area (Å²) in [5.74, 6) is -0.734. The van der Waals surface area contributed by atoms with E-state index in [1.807, 2.05) is 13.8 Å². The van der Waals surface area contributed by atoms with Crippen molar-refractivity contribution in [2.75, 3.05) is 26.7 Å². The lowest BCUT2D eigenvalue weighted by atomic mass is 10.0. The van der Waals surface area contributed by atoms with Crippen molar-refractivity contribution in [1.29, 1.82) is 0 Å². The molecular weight excluding hydrogens is 258 g/mol. The number of hydrogen-bond acceptors (Lipinski definition) is 4. The van der Waals surface area contributed by atoms with E-state index in [2.05, 4.69) is 4.90 Å². The first-order valence-corrected chi connectivity index (χ1v) is 6.70.